The van der Waals surface area contributed by atoms with Gasteiger partial charge in [-0.1, -0.05) is 13.8 Å². The number of carbonyl (C=O) groups is 1. The number of hydrogen-bond acceptors (Lipinski definition) is 3. The maximum absolute atomic E-state index is 11.1. The normalized spacial score (nSPS) is 8.60. The van der Waals surface area contributed by atoms with Crippen molar-refractivity contribution < 1.29 is 14.3 Å². The van der Waals surface area contributed by atoms with Gasteiger partial charge in [-0.2, -0.15) is 0 Å². The molecule has 0 bridgehead atoms. The summed E-state index contributed by atoms with van der Waals surface area (Å²) in [6, 6.07) is 5.17. The van der Waals surface area contributed by atoms with Crippen molar-refractivity contribution in [3.05, 3.63) is 29.3 Å². The highest BCUT2D eigenvalue weighted by Gasteiger charge is 2.06. The lowest BCUT2D eigenvalue weighted by atomic mass is 10.1. The predicted molar refractivity (Wildman–Crippen MR) is 60.4 cm³/mol. The molecule has 0 aliphatic carbocycles. The molecular formula is C12H18O3. The highest BCUT2D eigenvalue weighted by Crippen LogP contribution is 2.18. The second kappa shape index (κ2) is 6.87. The van der Waals surface area contributed by atoms with Gasteiger partial charge in [0.25, 0.3) is 0 Å². The number of esters is 1. The summed E-state index contributed by atoms with van der Waals surface area (Å²) in [7, 11) is 2.96. The maximum Gasteiger partial charge on any atom is 0.337 e. The van der Waals surface area contributed by atoms with Crippen LogP contribution in [0.25, 0.3) is 0 Å². The van der Waals surface area contributed by atoms with E-state index < -0.39 is 0 Å². The highest BCUT2D eigenvalue weighted by atomic mass is 16.5. The Bertz CT molecular complexity index is 319. The summed E-state index contributed by atoms with van der Waals surface area (Å²) < 4.78 is 9.65. The molecule has 1 rings (SSSR count). The van der Waals surface area contributed by atoms with Crippen molar-refractivity contribution in [2.45, 2.75) is 20.8 Å². The van der Waals surface area contributed by atoms with E-state index in [1.807, 2.05) is 20.8 Å². The van der Waals surface area contributed by atoms with Gasteiger partial charge in [0, 0.05) is 0 Å². The first-order chi connectivity index (χ1) is 7.19. The van der Waals surface area contributed by atoms with Crippen LogP contribution >= 0.6 is 0 Å². The number of aryl methyl sites for hydroxylation is 1. The van der Waals surface area contributed by atoms with Gasteiger partial charge < -0.3 is 9.47 Å². The minimum Gasteiger partial charge on any atom is -0.496 e. The third-order valence-electron chi connectivity index (χ3n) is 1.82. The fourth-order valence-electron chi connectivity index (χ4n) is 1.12. The smallest absolute Gasteiger partial charge is 0.337 e. The van der Waals surface area contributed by atoms with Crippen molar-refractivity contribution in [2.24, 2.45) is 0 Å². The molecule has 0 radical (unpaired) electrons. The second-order valence-electron chi connectivity index (χ2n) is 2.68. The Morgan fingerprint density at radius 2 is 1.80 bits per heavy atom. The fraction of sp³-hybridized carbons (Fsp3) is 0.417. The molecule has 0 fully saturated rings. The molecule has 3 heteroatoms. The maximum atomic E-state index is 11.1. The van der Waals surface area contributed by atoms with Gasteiger partial charge in [0.2, 0.25) is 0 Å². The number of methoxy groups -OCH3 is 2. The van der Waals surface area contributed by atoms with Crippen LogP contribution in [-0.2, 0) is 4.74 Å². The van der Waals surface area contributed by atoms with Gasteiger partial charge >= 0.3 is 5.97 Å². The minimum absolute atomic E-state index is 0.328. The lowest BCUT2D eigenvalue weighted by Gasteiger charge is -2.05. The molecule has 1 aromatic carbocycles. The Hall–Kier alpha value is -1.51. The number of ether oxygens (including phenoxy) is 2. The topological polar surface area (TPSA) is 35.5 Å². The molecular weight excluding hydrogens is 192 g/mol. The number of benzene rings is 1. The summed E-state index contributed by atoms with van der Waals surface area (Å²) in [4.78, 5) is 11.1. The van der Waals surface area contributed by atoms with Crippen LogP contribution in [0, 0.1) is 6.92 Å². The van der Waals surface area contributed by atoms with E-state index in [4.69, 9.17) is 4.74 Å². The van der Waals surface area contributed by atoms with E-state index in [-0.39, 0.29) is 5.97 Å². The Kier molecular flexibility index (Phi) is 6.18. The molecule has 3 nitrogen and oxygen atoms in total. The van der Waals surface area contributed by atoms with Gasteiger partial charge in [0.1, 0.15) is 5.75 Å². The van der Waals surface area contributed by atoms with Crippen LogP contribution in [0.1, 0.15) is 29.8 Å². The van der Waals surface area contributed by atoms with Crippen LogP contribution in [0.3, 0.4) is 0 Å². The molecule has 0 heterocycles. The Morgan fingerprint density at radius 1 is 1.20 bits per heavy atom. The van der Waals surface area contributed by atoms with Gasteiger partial charge in [0.15, 0.2) is 0 Å². The molecule has 0 spiro atoms. The second-order valence-corrected chi connectivity index (χ2v) is 2.68. The van der Waals surface area contributed by atoms with E-state index in [0.29, 0.717) is 5.56 Å². The van der Waals surface area contributed by atoms with Gasteiger partial charge in [-0.05, 0) is 30.7 Å². The van der Waals surface area contributed by atoms with Gasteiger partial charge in [-0.25, -0.2) is 4.79 Å². The molecule has 84 valence electrons. The first-order valence-electron chi connectivity index (χ1n) is 4.92. The largest absolute Gasteiger partial charge is 0.496 e. The summed E-state index contributed by atoms with van der Waals surface area (Å²) in [5.41, 5.74) is 1.46. The number of carbonyl (C=O) groups excluding carboxylic acids is 1. The highest BCUT2D eigenvalue weighted by molar-refractivity contribution is 5.89. The zero-order valence-electron chi connectivity index (χ0n) is 9.96. The molecule has 0 amide bonds. The lowest BCUT2D eigenvalue weighted by molar-refractivity contribution is 0.0600. The Balaban J connectivity index is 0.000000921. The molecule has 0 saturated carbocycles. The molecule has 0 saturated heterocycles. The summed E-state index contributed by atoms with van der Waals surface area (Å²) in [5.74, 6) is 0.443. The minimum atomic E-state index is -0.328. The van der Waals surface area contributed by atoms with E-state index in [1.165, 1.54) is 7.11 Å². The first kappa shape index (κ1) is 13.5. The van der Waals surface area contributed by atoms with E-state index in [9.17, 15) is 4.79 Å². The third kappa shape index (κ3) is 3.62. The zero-order chi connectivity index (χ0) is 11.8. The fourth-order valence-corrected chi connectivity index (χ4v) is 1.12. The summed E-state index contributed by atoms with van der Waals surface area (Å²) in [6.45, 7) is 5.88. The third-order valence-corrected chi connectivity index (χ3v) is 1.82. The molecule has 0 aromatic heterocycles. The Labute approximate surface area is 91.0 Å². The van der Waals surface area contributed by atoms with Crippen molar-refractivity contribution in [1.29, 1.82) is 0 Å². The molecule has 1 aromatic rings. The monoisotopic (exact) mass is 210 g/mol. The zero-order valence-corrected chi connectivity index (χ0v) is 9.96. The van der Waals surface area contributed by atoms with E-state index in [0.717, 1.165) is 11.3 Å². The van der Waals surface area contributed by atoms with Crippen molar-refractivity contribution in [1.82, 2.24) is 0 Å². The molecule has 0 aliphatic rings. The van der Waals surface area contributed by atoms with Crippen LogP contribution in [0.4, 0.5) is 0 Å². The summed E-state index contributed by atoms with van der Waals surface area (Å²) in [5, 5.41) is 0. The Morgan fingerprint density at radius 3 is 2.20 bits per heavy atom. The van der Waals surface area contributed by atoms with E-state index in [1.54, 1.807) is 25.3 Å². The van der Waals surface area contributed by atoms with E-state index in [2.05, 4.69) is 4.74 Å². The van der Waals surface area contributed by atoms with Crippen molar-refractivity contribution in [2.75, 3.05) is 14.2 Å². The van der Waals surface area contributed by atoms with E-state index >= 15 is 0 Å². The average Bonchev–Trinajstić information content (AvgIpc) is 2.30. The van der Waals surface area contributed by atoms with Crippen LogP contribution in [0.15, 0.2) is 18.2 Å². The van der Waals surface area contributed by atoms with Crippen LogP contribution in [0.2, 0.25) is 0 Å². The van der Waals surface area contributed by atoms with Crippen molar-refractivity contribution >= 4 is 5.97 Å². The predicted octanol–water partition coefficient (Wildman–Crippen LogP) is 2.82. The molecule has 0 N–H and O–H groups in total. The van der Waals surface area contributed by atoms with Crippen LogP contribution < -0.4 is 4.74 Å². The lowest BCUT2D eigenvalue weighted by Crippen LogP contribution is -2.01. The van der Waals surface area contributed by atoms with Gasteiger partial charge in [-0.3, -0.25) is 0 Å². The van der Waals surface area contributed by atoms with Gasteiger partial charge in [0.05, 0.1) is 19.8 Å². The van der Waals surface area contributed by atoms with Crippen molar-refractivity contribution in [3.8, 4) is 5.75 Å². The van der Waals surface area contributed by atoms with Crippen LogP contribution in [-0.4, -0.2) is 20.2 Å². The molecule has 0 unspecified atom stereocenters. The molecule has 0 aliphatic heterocycles. The summed E-state index contributed by atoms with van der Waals surface area (Å²) >= 11 is 0. The first-order valence-corrected chi connectivity index (χ1v) is 4.92. The van der Waals surface area contributed by atoms with Crippen LogP contribution in [0.5, 0.6) is 5.75 Å². The average molecular weight is 210 g/mol. The van der Waals surface area contributed by atoms with Gasteiger partial charge in [-0.15, -0.1) is 0 Å². The summed E-state index contributed by atoms with van der Waals surface area (Å²) in [6.07, 6.45) is 0. The quantitative estimate of drug-likeness (QED) is 0.704. The molecule has 15 heavy (non-hydrogen) atoms. The molecule has 0 atom stereocenters. The number of rotatable bonds is 2. The number of hydrogen-bond donors (Lipinski definition) is 0. The SMILES string of the molecule is CC.COC(=O)c1ccc(OC)c(C)c1. The standard InChI is InChI=1S/C10H12O3.C2H6/c1-7-6-8(10(11)13-3)4-5-9(7)12-2;1-2/h4-6H,1-3H3;1-2H3. The van der Waals surface area contributed by atoms with Crippen molar-refractivity contribution in [3.63, 3.8) is 0 Å².